The highest BCUT2D eigenvalue weighted by Crippen LogP contribution is 2.32. The zero-order chi connectivity index (χ0) is 23.1. The molecule has 0 spiro atoms. The summed E-state index contributed by atoms with van der Waals surface area (Å²) in [5, 5.41) is 2.87. The highest BCUT2D eigenvalue weighted by molar-refractivity contribution is 7.92. The lowest BCUT2D eigenvalue weighted by Gasteiger charge is -2.26. The van der Waals surface area contributed by atoms with Crippen molar-refractivity contribution in [2.75, 3.05) is 24.5 Å². The maximum Gasteiger partial charge on any atom is 0.264 e. The van der Waals surface area contributed by atoms with Crippen molar-refractivity contribution in [1.29, 1.82) is 0 Å². The Morgan fingerprint density at radius 1 is 0.969 bits per heavy atom. The molecular weight excluding hydrogens is 424 g/mol. The third-order valence-electron chi connectivity index (χ3n) is 5.22. The third kappa shape index (κ3) is 5.48. The van der Waals surface area contributed by atoms with E-state index in [9.17, 15) is 13.2 Å². The summed E-state index contributed by atoms with van der Waals surface area (Å²) in [6.07, 6.45) is 0. The normalized spacial score (nSPS) is 12.1. The van der Waals surface area contributed by atoms with Crippen LogP contribution >= 0.6 is 0 Å². The molecule has 0 saturated carbocycles. The minimum atomic E-state index is -4.00. The number of benzene rings is 3. The number of aryl methyl sites for hydroxylation is 1. The molecule has 0 heterocycles. The number of hydrogen-bond donors (Lipinski definition) is 1. The monoisotopic (exact) mass is 452 g/mol. The summed E-state index contributed by atoms with van der Waals surface area (Å²) in [4.78, 5) is 12.9. The summed E-state index contributed by atoms with van der Waals surface area (Å²) >= 11 is 0. The van der Waals surface area contributed by atoms with Crippen LogP contribution in [0.15, 0.2) is 83.8 Å². The number of methoxy groups -OCH3 is 1. The van der Waals surface area contributed by atoms with E-state index in [2.05, 4.69) is 5.32 Å². The summed E-state index contributed by atoms with van der Waals surface area (Å²) in [7, 11) is -2.53. The second-order valence-electron chi connectivity index (χ2n) is 7.61. The van der Waals surface area contributed by atoms with Gasteiger partial charge < -0.3 is 10.1 Å². The van der Waals surface area contributed by atoms with Crippen molar-refractivity contribution in [2.45, 2.75) is 24.7 Å². The lowest BCUT2D eigenvalue weighted by molar-refractivity contribution is -0.119. The molecule has 1 amide bonds. The summed E-state index contributed by atoms with van der Waals surface area (Å²) in [5.41, 5.74) is 2.35. The van der Waals surface area contributed by atoms with Crippen LogP contribution in [0.2, 0.25) is 0 Å². The van der Waals surface area contributed by atoms with Crippen LogP contribution in [0, 0.1) is 6.92 Å². The van der Waals surface area contributed by atoms with Gasteiger partial charge in [0.25, 0.3) is 10.0 Å². The standard InChI is InChI=1S/C25H28N2O4S/c1-19-13-15-22(16-14-19)32(29,30)27(23-11-7-8-12-24(23)31-3)18-25(28)26-17-20(2)21-9-5-4-6-10-21/h4-16,20H,17-18H2,1-3H3,(H,26,28). The molecule has 3 aromatic rings. The van der Waals surface area contributed by atoms with Gasteiger partial charge in [-0.25, -0.2) is 8.42 Å². The molecule has 0 bridgehead atoms. The van der Waals surface area contributed by atoms with Crippen LogP contribution in [0.4, 0.5) is 5.69 Å². The van der Waals surface area contributed by atoms with E-state index < -0.39 is 15.9 Å². The summed E-state index contributed by atoms with van der Waals surface area (Å²) in [5.74, 6) is 0.0663. The summed E-state index contributed by atoms with van der Waals surface area (Å²) < 4.78 is 33.5. The minimum Gasteiger partial charge on any atom is -0.495 e. The number of carbonyl (C=O) groups excluding carboxylic acids is 1. The predicted octanol–water partition coefficient (Wildman–Crippen LogP) is 4.12. The highest BCUT2D eigenvalue weighted by atomic mass is 32.2. The van der Waals surface area contributed by atoms with Gasteiger partial charge in [0.15, 0.2) is 0 Å². The van der Waals surface area contributed by atoms with Gasteiger partial charge in [0.2, 0.25) is 5.91 Å². The van der Waals surface area contributed by atoms with Crippen molar-refractivity contribution in [1.82, 2.24) is 5.32 Å². The zero-order valence-corrected chi connectivity index (χ0v) is 19.3. The van der Waals surface area contributed by atoms with Crippen molar-refractivity contribution < 1.29 is 17.9 Å². The molecule has 32 heavy (non-hydrogen) atoms. The van der Waals surface area contributed by atoms with Gasteiger partial charge in [-0.05, 0) is 42.7 Å². The van der Waals surface area contributed by atoms with E-state index in [1.165, 1.54) is 7.11 Å². The number of nitrogens with one attached hydrogen (secondary N) is 1. The molecule has 1 atom stereocenters. The first-order valence-electron chi connectivity index (χ1n) is 10.4. The fourth-order valence-corrected chi connectivity index (χ4v) is 4.76. The van der Waals surface area contributed by atoms with Crippen molar-refractivity contribution in [2.24, 2.45) is 0 Å². The molecule has 3 aromatic carbocycles. The molecule has 6 nitrogen and oxygen atoms in total. The number of anilines is 1. The largest absolute Gasteiger partial charge is 0.495 e. The van der Waals surface area contributed by atoms with Crippen molar-refractivity contribution in [3.8, 4) is 5.75 Å². The Hall–Kier alpha value is -3.32. The average molecular weight is 453 g/mol. The first kappa shape index (κ1) is 23.3. The van der Waals surface area contributed by atoms with Crippen LogP contribution in [0.1, 0.15) is 24.0 Å². The molecule has 0 saturated heterocycles. The van der Waals surface area contributed by atoms with E-state index >= 15 is 0 Å². The van der Waals surface area contributed by atoms with Crippen LogP contribution in [0.5, 0.6) is 5.75 Å². The summed E-state index contributed by atoms with van der Waals surface area (Å²) in [6.45, 7) is 3.93. The van der Waals surface area contributed by atoms with Crippen LogP contribution in [-0.2, 0) is 14.8 Å². The minimum absolute atomic E-state index is 0.0913. The fourth-order valence-electron chi connectivity index (χ4n) is 3.33. The molecule has 0 aliphatic carbocycles. The first-order chi connectivity index (χ1) is 15.3. The van der Waals surface area contributed by atoms with E-state index in [4.69, 9.17) is 4.74 Å². The SMILES string of the molecule is COc1ccccc1N(CC(=O)NCC(C)c1ccccc1)S(=O)(=O)c1ccc(C)cc1. The second kappa shape index (κ2) is 10.3. The maximum atomic E-state index is 13.5. The van der Waals surface area contributed by atoms with E-state index in [0.717, 1.165) is 15.4 Å². The molecule has 1 N–H and O–H groups in total. The van der Waals surface area contributed by atoms with E-state index in [-0.39, 0.29) is 17.4 Å². The van der Waals surface area contributed by atoms with Crippen molar-refractivity contribution >= 4 is 21.6 Å². The highest BCUT2D eigenvalue weighted by Gasteiger charge is 2.29. The Kier molecular flexibility index (Phi) is 7.53. The Balaban J connectivity index is 1.86. The van der Waals surface area contributed by atoms with Crippen molar-refractivity contribution in [3.63, 3.8) is 0 Å². The number of nitrogens with zero attached hydrogens (tertiary/aromatic N) is 1. The molecule has 0 radical (unpaired) electrons. The molecule has 3 rings (SSSR count). The van der Waals surface area contributed by atoms with Crippen LogP contribution < -0.4 is 14.4 Å². The number of hydrogen-bond acceptors (Lipinski definition) is 4. The zero-order valence-electron chi connectivity index (χ0n) is 18.5. The molecule has 0 aliphatic rings. The average Bonchev–Trinajstić information content (AvgIpc) is 2.81. The van der Waals surface area contributed by atoms with E-state index in [1.807, 2.05) is 44.2 Å². The smallest absolute Gasteiger partial charge is 0.264 e. The third-order valence-corrected chi connectivity index (χ3v) is 7.00. The van der Waals surface area contributed by atoms with Crippen LogP contribution in [0.25, 0.3) is 0 Å². The Morgan fingerprint density at radius 3 is 2.25 bits per heavy atom. The lowest BCUT2D eigenvalue weighted by Crippen LogP contribution is -2.42. The Bertz CT molecular complexity index is 1150. The fraction of sp³-hybridized carbons (Fsp3) is 0.240. The maximum absolute atomic E-state index is 13.5. The van der Waals surface area contributed by atoms with Crippen molar-refractivity contribution in [3.05, 3.63) is 90.0 Å². The number of rotatable bonds is 9. The topological polar surface area (TPSA) is 75.7 Å². The molecule has 0 aliphatic heterocycles. The number of ether oxygens (including phenoxy) is 1. The molecule has 0 fully saturated rings. The molecule has 0 aromatic heterocycles. The van der Waals surface area contributed by atoms with E-state index in [0.29, 0.717) is 18.0 Å². The van der Waals surface area contributed by atoms with Gasteiger partial charge in [0, 0.05) is 6.54 Å². The van der Waals surface area contributed by atoms with Gasteiger partial charge in [-0.1, -0.05) is 67.1 Å². The Labute approximate surface area is 189 Å². The lowest BCUT2D eigenvalue weighted by atomic mass is 10.0. The molecule has 7 heteroatoms. The molecule has 168 valence electrons. The predicted molar refractivity (Wildman–Crippen MR) is 127 cm³/mol. The van der Waals surface area contributed by atoms with Gasteiger partial charge in [0.05, 0.1) is 17.7 Å². The second-order valence-corrected chi connectivity index (χ2v) is 9.47. The molecule has 1 unspecified atom stereocenters. The summed E-state index contributed by atoms with van der Waals surface area (Å²) in [6, 6.07) is 23.2. The molecular formula is C25H28N2O4S. The van der Waals surface area contributed by atoms with Gasteiger partial charge in [-0.15, -0.1) is 0 Å². The van der Waals surface area contributed by atoms with E-state index in [1.54, 1.807) is 48.5 Å². The number of sulfonamides is 1. The first-order valence-corrected chi connectivity index (χ1v) is 11.8. The van der Waals surface area contributed by atoms with Gasteiger partial charge in [-0.2, -0.15) is 0 Å². The van der Waals surface area contributed by atoms with Gasteiger partial charge in [-0.3, -0.25) is 9.10 Å². The van der Waals surface area contributed by atoms with Crippen LogP contribution in [-0.4, -0.2) is 34.5 Å². The number of carbonyl (C=O) groups is 1. The van der Waals surface area contributed by atoms with Crippen LogP contribution in [0.3, 0.4) is 0 Å². The quantitative estimate of drug-likeness (QED) is 0.530. The van der Waals surface area contributed by atoms with Gasteiger partial charge >= 0.3 is 0 Å². The van der Waals surface area contributed by atoms with Gasteiger partial charge in [0.1, 0.15) is 12.3 Å². The number of amides is 1. The Morgan fingerprint density at radius 2 is 1.59 bits per heavy atom. The number of para-hydroxylation sites is 2.